The van der Waals surface area contributed by atoms with Crippen LogP contribution in [-0.4, -0.2) is 39.0 Å². The van der Waals surface area contributed by atoms with Crippen LogP contribution in [0.4, 0.5) is 14.9 Å². The van der Waals surface area contributed by atoms with Gasteiger partial charge in [0.15, 0.2) is 0 Å². The summed E-state index contributed by atoms with van der Waals surface area (Å²) in [4.78, 5) is 27.3. The Morgan fingerprint density at radius 1 is 1.07 bits per heavy atom. The summed E-state index contributed by atoms with van der Waals surface area (Å²) in [7, 11) is 0. The fraction of sp³-hybridized carbons (Fsp3) is 0.238. The molecule has 0 unspecified atom stereocenters. The van der Waals surface area contributed by atoms with Crippen LogP contribution >= 0.6 is 0 Å². The third kappa shape index (κ3) is 4.14. The van der Waals surface area contributed by atoms with Crippen molar-refractivity contribution in [2.24, 2.45) is 0 Å². The van der Waals surface area contributed by atoms with Crippen LogP contribution in [0.25, 0.3) is 11.3 Å². The van der Waals surface area contributed by atoms with E-state index in [4.69, 9.17) is 0 Å². The van der Waals surface area contributed by atoms with Crippen molar-refractivity contribution in [2.75, 3.05) is 18.4 Å². The molecule has 1 aliphatic heterocycles. The van der Waals surface area contributed by atoms with Crippen LogP contribution in [-0.2, 0) is 0 Å². The molecule has 7 heteroatoms. The fourth-order valence-electron chi connectivity index (χ4n) is 3.33. The molecular weight excluding hydrogens is 357 g/mol. The number of halogens is 1. The van der Waals surface area contributed by atoms with E-state index in [0.29, 0.717) is 18.8 Å². The number of likely N-dealkylation sites (tertiary alicyclic amines) is 1. The number of nitrogens with zero attached hydrogens (tertiary/aromatic N) is 4. The van der Waals surface area contributed by atoms with E-state index < -0.39 is 0 Å². The number of aromatic nitrogens is 3. The number of hydrogen-bond acceptors (Lipinski definition) is 4. The monoisotopic (exact) mass is 377 g/mol. The molecule has 0 bridgehead atoms. The Kier molecular flexibility index (Phi) is 5.23. The Labute approximate surface area is 162 Å². The number of amides is 2. The summed E-state index contributed by atoms with van der Waals surface area (Å²) in [6.45, 7) is 1.28. The third-order valence-corrected chi connectivity index (χ3v) is 4.87. The maximum absolute atomic E-state index is 13.1. The SMILES string of the molecule is O=C(Nc1cccnc1)N1CCC(c2nccc(-c3ccc(F)cc3)n2)CC1. The van der Waals surface area contributed by atoms with Crippen molar-refractivity contribution < 1.29 is 9.18 Å². The maximum atomic E-state index is 13.1. The Bertz CT molecular complexity index is 941. The predicted octanol–water partition coefficient (Wildman–Crippen LogP) is 4.09. The van der Waals surface area contributed by atoms with Crippen molar-refractivity contribution in [3.05, 3.63) is 72.7 Å². The van der Waals surface area contributed by atoms with E-state index >= 15 is 0 Å². The molecule has 6 nitrogen and oxygen atoms in total. The van der Waals surface area contributed by atoms with Crippen LogP contribution in [0.3, 0.4) is 0 Å². The van der Waals surface area contributed by atoms with Gasteiger partial charge in [0, 0.05) is 37.0 Å². The van der Waals surface area contributed by atoms with Gasteiger partial charge in [-0.15, -0.1) is 0 Å². The number of carbonyl (C=O) groups is 1. The van der Waals surface area contributed by atoms with E-state index in [2.05, 4.69) is 20.3 Å². The number of pyridine rings is 1. The van der Waals surface area contributed by atoms with E-state index in [1.165, 1.54) is 12.1 Å². The Hall–Kier alpha value is -3.35. The number of rotatable bonds is 3. The van der Waals surface area contributed by atoms with Gasteiger partial charge in [0.1, 0.15) is 11.6 Å². The van der Waals surface area contributed by atoms with Gasteiger partial charge in [-0.2, -0.15) is 0 Å². The van der Waals surface area contributed by atoms with Gasteiger partial charge in [0.05, 0.1) is 17.6 Å². The molecule has 4 rings (SSSR count). The van der Waals surface area contributed by atoms with E-state index in [9.17, 15) is 9.18 Å². The molecule has 28 heavy (non-hydrogen) atoms. The second-order valence-electron chi connectivity index (χ2n) is 6.74. The van der Waals surface area contributed by atoms with Gasteiger partial charge < -0.3 is 10.2 Å². The quantitative estimate of drug-likeness (QED) is 0.746. The largest absolute Gasteiger partial charge is 0.324 e. The predicted molar refractivity (Wildman–Crippen MR) is 104 cm³/mol. The van der Waals surface area contributed by atoms with Crippen molar-refractivity contribution in [2.45, 2.75) is 18.8 Å². The lowest BCUT2D eigenvalue weighted by atomic mass is 9.96. The molecule has 2 amide bonds. The molecule has 3 heterocycles. The Morgan fingerprint density at radius 3 is 2.57 bits per heavy atom. The van der Waals surface area contributed by atoms with Gasteiger partial charge in [0.2, 0.25) is 0 Å². The molecule has 0 saturated carbocycles. The fourth-order valence-corrected chi connectivity index (χ4v) is 3.33. The molecule has 1 fully saturated rings. The highest BCUT2D eigenvalue weighted by Gasteiger charge is 2.25. The first kappa shape index (κ1) is 18.0. The maximum Gasteiger partial charge on any atom is 0.321 e. The van der Waals surface area contributed by atoms with E-state index in [-0.39, 0.29) is 17.8 Å². The summed E-state index contributed by atoms with van der Waals surface area (Å²) < 4.78 is 13.1. The second-order valence-corrected chi connectivity index (χ2v) is 6.74. The van der Waals surface area contributed by atoms with E-state index in [0.717, 1.165) is 29.9 Å². The number of anilines is 1. The average molecular weight is 377 g/mol. The lowest BCUT2D eigenvalue weighted by Crippen LogP contribution is -2.40. The van der Waals surface area contributed by atoms with Gasteiger partial charge in [0.25, 0.3) is 0 Å². The highest BCUT2D eigenvalue weighted by molar-refractivity contribution is 5.89. The summed E-state index contributed by atoms with van der Waals surface area (Å²) in [5.74, 6) is 0.701. The molecule has 3 aromatic rings. The zero-order chi connectivity index (χ0) is 19.3. The van der Waals surface area contributed by atoms with Crippen LogP contribution in [0.2, 0.25) is 0 Å². The number of nitrogens with one attached hydrogen (secondary N) is 1. The number of urea groups is 1. The molecule has 0 radical (unpaired) electrons. The smallest absolute Gasteiger partial charge is 0.321 e. The number of carbonyl (C=O) groups excluding carboxylic acids is 1. The standard InChI is InChI=1S/C21H20FN5O/c22-17-5-3-15(4-6-17)19-7-11-24-20(26-19)16-8-12-27(13-9-16)21(28)25-18-2-1-10-23-14-18/h1-7,10-11,14,16H,8-9,12-13H2,(H,25,28). The first-order valence-corrected chi connectivity index (χ1v) is 9.24. The molecule has 0 spiro atoms. The minimum Gasteiger partial charge on any atom is -0.324 e. The lowest BCUT2D eigenvalue weighted by molar-refractivity contribution is 0.193. The summed E-state index contributed by atoms with van der Waals surface area (Å²) in [6, 6.07) is 11.6. The zero-order valence-electron chi connectivity index (χ0n) is 15.3. The van der Waals surface area contributed by atoms with Crippen LogP contribution in [0, 0.1) is 5.82 Å². The Balaban J connectivity index is 1.39. The molecule has 142 valence electrons. The van der Waals surface area contributed by atoms with Gasteiger partial charge in [-0.3, -0.25) is 4.98 Å². The molecule has 2 aromatic heterocycles. The molecule has 0 aliphatic carbocycles. The number of hydrogen-bond donors (Lipinski definition) is 1. The highest BCUT2D eigenvalue weighted by atomic mass is 19.1. The molecule has 0 atom stereocenters. The van der Waals surface area contributed by atoms with Crippen molar-refractivity contribution in [1.82, 2.24) is 19.9 Å². The molecule has 1 saturated heterocycles. The van der Waals surface area contributed by atoms with Crippen LogP contribution < -0.4 is 5.32 Å². The van der Waals surface area contributed by atoms with E-state index in [1.807, 2.05) is 12.1 Å². The normalized spacial score (nSPS) is 14.7. The number of piperidine rings is 1. The minimum absolute atomic E-state index is 0.118. The van der Waals surface area contributed by atoms with Gasteiger partial charge in [-0.05, 0) is 55.3 Å². The molecule has 1 aliphatic rings. The van der Waals surface area contributed by atoms with E-state index in [1.54, 1.807) is 41.7 Å². The zero-order valence-corrected chi connectivity index (χ0v) is 15.3. The average Bonchev–Trinajstić information content (AvgIpc) is 2.75. The van der Waals surface area contributed by atoms with Crippen molar-refractivity contribution in [3.63, 3.8) is 0 Å². The third-order valence-electron chi connectivity index (χ3n) is 4.87. The highest BCUT2D eigenvalue weighted by Crippen LogP contribution is 2.27. The van der Waals surface area contributed by atoms with Crippen LogP contribution in [0.5, 0.6) is 0 Å². The van der Waals surface area contributed by atoms with Crippen molar-refractivity contribution >= 4 is 11.7 Å². The first-order chi connectivity index (χ1) is 13.7. The van der Waals surface area contributed by atoms with Crippen LogP contribution in [0.1, 0.15) is 24.6 Å². The molecule has 1 N–H and O–H groups in total. The summed E-state index contributed by atoms with van der Waals surface area (Å²) >= 11 is 0. The van der Waals surface area contributed by atoms with Gasteiger partial charge >= 0.3 is 6.03 Å². The van der Waals surface area contributed by atoms with Gasteiger partial charge in [-0.1, -0.05) is 0 Å². The van der Waals surface area contributed by atoms with Crippen molar-refractivity contribution in [1.29, 1.82) is 0 Å². The second kappa shape index (κ2) is 8.12. The van der Waals surface area contributed by atoms with Crippen molar-refractivity contribution in [3.8, 4) is 11.3 Å². The molecule has 1 aromatic carbocycles. The Morgan fingerprint density at radius 2 is 1.86 bits per heavy atom. The minimum atomic E-state index is -0.269. The summed E-state index contributed by atoms with van der Waals surface area (Å²) in [5, 5.41) is 2.86. The summed E-state index contributed by atoms with van der Waals surface area (Å²) in [5.41, 5.74) is 2.32. The number of benzene rings is 1. The molecular formula is C21H20FN5O. The van der Waals surface area contributed by atoms with Gasteiger partial charge in [-0.25, -0.2) is 19.2 Å². The first-order valence-electron chi connectivity index (χ1n) is 9.24. The summed E-state index contributed by atoms with van der Waals surface area (Å²) in [6.07, 6.45) is 6.63. The topological polar surface area (TPSA) is 71.0 Å². The van der Waals surface area contributed by atoms with Crippen LogP contribution in [0.15, 0.2) is 61.1 Å². The lowest BCUT2D eigenvalue weighted by Gasteiger charge is -2.31.